The van der Waals surface area contributed by atoms with E-state index in [1.165, 1.54) is 51.4 Å². The van der Waals surface area contributed by atoms with Crippen molar-refractivity contribution in [2.45, 2.75) is 92.0 Å². The van der Waals surface area contributed by atoms with Gasteiger partial charge in [-0.25, -0.2) is 0 Å². The zero-order valence-corrected chi connectivity index (χ0v) is 15.1. The Labute approximate surface area is 132 Å². The Morgan fingerprint density at radius 2 is 1.57 bits per heavy atom. The molecule has 3 atom stereocenters. The molecule has 0 radical (unpaired) electrons. The van der Waals surface area contributed by atoms with Gasteiger partial charge in [0.25, 0.3) is 0 Å². The SMILES string of the molecule is CCNC(CCC(C)C)C12CC3CC(C)(CC(C)(C3)C1)C2. The lowest BCUT2D eigenvalue weighted by Crippen LogP contribution is -2.61. The van der Waals surface area contributed by atoms with Crippen LogP contribution in [0.3, 0.4) is 0 Å². The summed E-state index contributed by atoms with van der Waals surface area (Å²) in [6.45, 7) is 13.4. The van der Waals surface area contributed by atoms with Gasteiger partial charge in [0.05, 0.1) is 0 Å². The zero-order valence-electron chi connectivity index (χ0n) is 15.1. The average Bonchev–Trinajstić information content (AvgIpc) is 2.29. The predicted molar refractivity (Wildman–Crippen MR) is 91.4 cm³/mol. The van der Waals surface area contributed by atoms with Crippen LogP contribution in [-0.4, -0.2) is 12.6 Å². The van der Waals surface area contributed by atoms with Crippen molar-refractivity contribution in [3.8, 4) is 0 Å². The topological polar surface area (TPSA) is 12.0 Å². The Morgan fingerprint density at radius 3 is 2.05 bits per heavy atom. The van der Waals surface area contributed by atoms with Gasteiger partial charge in [-0.15, -0.1) is 0 Å². The third-order valence-corrected chi connectivity index (χ3v) is 6.89. The zero-order chi connectivity index (χ0) is 15.3. The molecule has 122 valence electrons. The molecule has 0 spiro atoms. The second-order valence-electron chi connectivity index (χ2n) is 10.1. The third-order valence-electron chi connectivity index (χ3n) is 6.89. The van der Waals surface area contributed by atoms with Crippen LogP contribution in [0.5, 0.6) is 0 Å². The van der Waals surface area contributed by atoms with Crippen LogP contribution in [0.1, 0.15) is 86.0 Å². The van der Waals surface area contributed by atoms with E-state index in [2.05, 4.69) is 39.9 Å². The minimum atomic E-state index is 0.619. The first-order chi connectivity index (χ1) is 9.78. The van der Waals surface area contributed by atoms with E-state index >= 15 is 0 Å². The summed E-state index contributed by atoms with van der Waals surface area (Å²) in [5.41, 5.74) is 1.92. The molecule has 4 aliphatic rings. The first-order valence-corrected chi connectivity index (χ1v) is 9.52. The lowest BCUT2D eigenvalue weighted by atomic mass is 9.39. The van der Waals surface area contributed by atoms with Crippen LogP contribution < -0.4 is 5.32 Å². The van der Waals surface area contributed by atoms with Gasteiger partial charge >= 0.3 is 0 Å². The standard InChI is InChI=1S/C20H37N/c1-6-21-17(8-7-15(2)3)20-11-16-9-18(4,13-20)12-19(5,10-16)14-20/h15-17,21H,6-14H2,1-5H3. The molecule has 0 amide bonds. The molecule has 0 aromatic rings. The molecule has 0 heterocycles. The fourth-order valence-corrected chi connectivity index (χ4v) is 7.30. The fourth-order valence-electron chi connectivity index (χ4n) is 7.30. The summed E-state index contributed by atoms with van der Waals surface area (Å²) in [7, 11) is 0. The van der Waals surface area contributed by atoms with E-state index in [1.807, 2.05) is 0 Å². The molecular formula is C20H37N. The van der Waals surface area contributed by atoms with Crippen molar-refractivity contribution in [3.05, 3.63) is 0 Å². The van der Waals surface area contributed by atoms with E-state index in [0.717, 1.165) is 24.4 Å². The maximum absolute atomic E-state index is 3.93. The molecule has 0 saturated heterocycles. The quantitative estimate of drug-likeness (QED) is 0.691. The van der Waals surface area contributed by atoms with Gasteiger partial charge in [-0.3, -0.25) is 0 Å². The molecule has 1 heteroatoms. The Bertz CT molecular complexity index is 367. The molecule has 4 rings (SSSR count). The van der Waals surface area contributed by atoms with Gasteiger partial charge in [-0.05, 0) is 86.0 Å². The molecule has 0 aromatic carbocycles. The molecule has 3 unspecified atom stereocenters. The van der Waals surface area contributed by atoms with Crippen LogP contribution in [0, 0.1) is 28.1 Å². The summed E-state index contributed by atoms with van der Waals surface area (Å²) in [5, 5.41) is 3.93. The minimum Gasteiger partial charge on any atom is -0.314 e. The molecule has 4 bridgehead atoms. The lowest BCUT2D eigenvalue weighted by Gasteiger charge is -2.67. The van der Waals surface area contributed by atoms with Crippen molar-refractivity contribution in [3.63, 3.8) is 0 Å². The largest absolute Gasteiger partial charge is 0.314 e. The Morgan fingerprint density at radius 1 is 0.952 bits per heavy atom. The van der Waals surface area contributed by atoms with Crippen LogP contribution in [0.15, 0.2) is 0 Å². The summed E-state index contributed by atoms with van der Waals surface area (Å²) >= 11 is 0. The molecule has 1 N–H and O–H groups in total. The first kappa shape index (κ1) is 15.8. The van der Waals surface area contributed by atoms with E-state index < -0.39 is 0 Å². The Balaban J connectivity index is 1.84. The number of hydrogen-bond acceptors (Lipinski definition) is 1. The van der Waals surface area contributed by atoms with Crippen molar-refractivity contribution in [1.82, 2.24) is 5.32 Å². The molecule has 21 heavy (non-hydrogen) atoms. The third kappa shape index (κ3) is 2.92. The normalized spacial score (nSPS) is 46.3. The molecular weight excluding hydrogens is 254 g/mol. The van der Waals surface area contributed by atoms with E-state index in [0.29, 0.717) is 16.2 Å². The lowest BCUT2D eigenvalue weighted by molar-refractivity contribution is -0.158. The monoisotopic (exact) mass is 291 g/mol. The van der Waals surface area contributed by atoms with Gasteiger partial charge in [-0.1, -0.05) is 34.6 Å². The summed E-state index contributed by atoms with van der Waals surface area (Å²) in [6, 6.07) is 0.770. The minimum absolute atomic E-state index is 0.619. The van der Waals surface area contributed by atoms with E-state index in [-0.39, 0.29) is 0 Å². The Hall–Kier alpha value is -0.0400. The highest BCUT2D eigenvalue weighted by Crippen LogP contribution is 2.70. The summed E-state index contributed by atoms with van der Waals surface area (Å²) < 4.78 is 0. The molecule has 4 saturated carbocycles. The Kier molecular flexibility index (Phi) is 3.96. The number of hydrogen-bond donors (Lipinski definition) is 1. The second kappa shape index (κ2) is 5.25. The van der Waals surface area contributed by atoms with Crippen LogP contribution in [-0.2, 0) is 0 Å². The molecule has 0 aliphatic heterocycles. The van der Waals surface area contributed by atoms with Crippen LogP contribution in [0.2, 0.25) is 0 Å². The van der Waals surface area contributed by atoms with Crippen molar-refractivity contribution in [2.24, 2.45) is 28.1 Å². The maximum Gasteiger partial charge on any atom is 0.0124 e. The predicted octanol–water partition coefficient (Wildman–Crippen LogP) is 5.40. The van der Waals surface area contributed by atoms with Crippen molar-refractivity contribution >= 4 is 0 Å². The molecule has 4 aliphatic carbocycles. The summed E-state index contributed by atoms with van der Waals surface area (Å²) in [5.74, 6) is 1.86. The maximum atomic E-state index is 3.93. The van der Waals surface area contributed by atoms with Gasteiger partial charge in [0, 0.05) is 6.04 Å². The molecule has 0 aromatic heterocycles. The second-order valence-corrected chi connectivity index (χ2v) is 10.1. The highest BCUT2D eigenvalue weighted by atomic mass is 14.9. The fraction of sp³-hybridized carbons (Fsp3) is 1.00. The van der Waals surface area contributed by atoms with Crippen LogP contribution in [0.4, 0.5) is 0 Å². The average molecular weight is 292 g/mol. The highest BCUT2D eigenvalue weighted by molar-refractivity contribution is 5.13. The van der Waals surface area contributed by atoms with E-state index in [4.69, 9.17) is 0 Å². The molecule has 1 nitrogen and oxygen atoms in total. The van der Waals surface area contributed by atoms with Gasteiger partial charge in [0.15, 0.2) is 0 Å². The van der Waals surface area contributed by atoms with Gasteiger partial charge in [-0.2, -0.15) is 0 Å². The summed E-state index contributed by atoms with van der Waals surface area (Å²) in [6.07, 6.45) is 11.8. The van der Waals surface area contributed by atoms with Crippen molar-refractivity contribution < 1.29 is 0 Å². The van der Waals surface area contributed by atoms with E-state index in [9.17, 15) is 0 Å². The van der Waals surface area contributed by atoms with Gasteiger partial charge in [0.2, 0.25) is 0 Å². The smallest absolute Gasteiger partial charge is 0.0124 e. The van der Waals surface area contributed by atoms with Crippen LogP contribution in [0.25, 0.3) is 0 Å². The number of nitrogens with one attached hydrogen (secondary N) is 1. The highest BCUT2D eigenvalue weighted by Gasteiger charge is 2.61. The van der Waals surface area contributed by atoms with Crippen LogP contribution >= 0.6 is 0 Å². The first-order valence-electron chi connectivity index (χ1n) is 9.52. The van der Waals surface area contributed by atoms with E-state index in [1.54, 1.807) is 0 Å². The van der Waals surface area contributed by atoms with Gasteiger partial charge < -0.3 is 5.32 Å². The molecule has 4 fully saturated rings. The van der Waals surface area contributed by atoms with Crippen molar-refractivity contribution in [1.29, 1.82) is 0 Å². The van der Waals surface area contributed by atoms with Crippen molar-refractivity contribution in [2.75, 3.05) is 6.54 Å². The summed E-state index contributed by atoms with van der Waals surface area (Å²) in [4.78, 5) is 0. The number of rotatable bonds is 6. The van der Waals surface area contributed by atoms with Gasteiger partial charge in [0.1, 0.15) is 0 Å².